The van der Waals surface area contributed by atoms with Gasteiger partial charge in [-0.2, -0.15) is 0 Å². The first kappa shape index (κ1) is 12.3. The molecule has 1 aliphatic carbocycles. The van der Waals surface area contributed by atoms with Crippen LogP contribution < -0.4 is 5.32 Å². The Hall–Kier alpha value is -1.13. The number of aliphatic hydroxyl groups is 1. The van der Waals surface area contributed by atoms with Gasteiger partial charge in [-0.25, -0.2) is 0 Å². The van der Waals surface area contributed by atoms with Crippen molar-refractivity contribution in [2.24, 2.45) is 5.92 Å². The molecule has 17 heavy (non-hydrogen) atoms. The molecule has 2 rings (SSSR count). The van der Waals surface area contributed by atoms with Gasteiger partial charge in [0.25, 0.3) is 0 Å². The molecule has 1 saturated carbocycles. The number of carbonyl (C=O) groups excluding carboxylic acids is 1. The quantitative estimate of drug-likeness (QED) is 0.805. The summed E-state index contributed by atoms with van der Waals surface area (Å²) in [6.07, 6.45) is 5.91. The van der Waals surface area contributed by atoms with Gasteiger partial charge in [0.15, 0.2) is 0 Å². The molecule has 0 spiro atoms. The Morgan fingerprint density at radius 3 is 3.12 bits per heavy atom. The van der Waals surface area contributed by atoms with E-state index in [-0.39, 0.29) is 12.0 Å². The van der Waals surface area contributed by atoms with Crippen LogP contribution in [0.4, 0.5) is 0 Å². The van der Waals surface area contributed by atoms with Crippen LogP contribution in [0.2, 0.25) is 0 Å². The van der Waals surface area contributed by atoms with E-state index in [1.54, 1.807) is 17.4 Å². The van der Waals surface area contributed by atoms with Crippen molar-refractivity contribution >= 4 is 23.3 Å². The van der Waals surface area contributed by atoms with E-state index < -0.39 is 0 Å². The number of aliphatic hydroxyl groups excluding tert-OH is 1. The maximum atomic E-state index is 11.5. The predicted octanol–water partition coefficient (Wildman–Crippen LogP) is 2.04. The van der Waals surface area contributed by atoms with Gasteiger partial charge >= 0.3 is 0 Å². The fraction of sp³-hybridized carbons (Fsp3) is 0.462. The van der Waals surface area contributed by atoms with Crippen molar-refractivity contribution < 1.29 is 9.90 Å². The third kappa shape index (κ3) is 3.98. The number of thiophene rings is 1. The monoisotopic (exact) mass is 251 g/mol. The minimum absolute atomic E-state index is 0.0558. The number of carbonyl (C=O) groups is 1. The van der Waals surface area contributed by atoms with E-state index in [0.717, 1.165) is 24.1 Å². The van der Waals surface area contributed by atoms with Gasteiger partial charge in [-0.15, -0.1) is 11.3 Å². The number of nitrogens with one attached hydrogen (secondary N) is 1. The molecule has 0 bridgehead atoms. The van der Waals surface area contributed by atoms with Crippen molar-refractivity contribution in [3.8, 4) is 0 Å². The second-order valence-electron chi connectivity index (χ2n) is 4.43. The van der Waals surface area contributed by atoms with Crippen molar-refractivity contribution in [1.29, 1.82) is 0 Å². The Kier molecular flexibility index (Phi) is 4.34. The first-order chi connectivity index (χ1) is 8.24. The summed E-state index contributed by atoms with van der Waals surface area (Å²) in [4.78, 5) is 12.6. The zero-order chi connectivity index (χ0) is 12.1. The van der Waals surface area contributed by atoms with Crippen LogP contribution >= 0.6 is 11.3 Å². The molecule has 1 amide bonds. The molecule has 0 saturated heterocycles. The predicted molar refractivity (Wildman–Crippen MR) is 69.7 cm³/mol. The van der Waals surface area contributed by atoms with Crippen LogP contribution in [-0.2, 0) is 4.79 Å². The summed E-state index contributed by atoms with van der Waals surface area (Å²) in [5.41, 5.74) is 0. The van der Waals surface area contributed by atoms with Crippen LogP contribution in [0, 0.1) is 5.92 Å². The van der Waals surface area contributed by atoms with Crippen LogP contribution in [0.1, 0.15) is 24.1 Å². The Morgan fingerprint density at radius 1 is 1.59 bits per heavy atom. The molecule has 1 aromatic rings. The van der Waals surface area contributed by atoms with Gasteiger partial charge in [0.1, 0.15) is 0 Å². The first-order valence-electron chi connectivity index (χ1n) is 5.91. The highest BCUT2D eigenvalue weighted by atomic mass is 32.1. The summed E-state index contributed by atoms with van der Waals surface area (Å²) in [6.45, 7) is 0.671. The number of rotatable bonds is 4. The largest absolute Gasteiger partial charge is 0.393 e. The Balaban J connectivity index is 1.71. The zero-order valence-corrected chi connectivity index (χ0v) is 10.5. The molecule has 0 aromatic carbocycles. The average Bonchev–Trinajstić information content (AvgIpc) is 2.95. The van der Waals surface area contributed by atoms with Gasteiger partial charge < -0.3 is 10.4 Å². The Labute approximate surface area is 105 Å². The van der Waals surface area contributed by atoms with Crippen molar-refractivity contribution in [2.75, 3.05) is 6.54 Å². The van der Waals surface area contributed by atoms with E-state index >= 15 is 0 Å². The maximum Gasteiger partial charge on any atom is 0.244 e. The molecule has 92 valence electrons. The second kappa shape index (κ2) is 5.98. The van der Waals surface area contributed by atoms with Crippen molar-refractivity contribution in [1.82, 2.24) is 5.32 Å². The van der Waals surface area contributed by atoms with Crippen LogP contribution in [0.5, 0.6) is 0 Å². The van der Waals surface area contributed by atoms with E-state index in [2.05, 4.69) is 5.32 Å². The van der Waals surface area contributed by atoms with E-state index in [9.17, 15) is 9.90 Å². The summed E-state index contributed by atoms with van der Waals surface area (Å²) in [5, 5.41) is 14.2. The maximum absolute atomic E-state index is 11.5. The van der Waals surface area contributed by atoms with Crippen molar-refractivity contribution in [3.63, 3.8) is 0 Å². The van der Waals surface area contributed by atoms with Gasteiger partial charge in [0.05, 0.1) is 6.10 Å². The molecule has 1 aromatic heterocycles. The summed E-state index contributed by atoms with van der Waals surface area (Å²) in [5.74, 6) is 0.379. The molecule has 2 unspecified atom stereocenters. The van der Waals surface area contributed by atoms with Crippen molar-refractivity contribution in [3.05, 3.63) is 28.5 Å². The minimum Gasteiger partial charge on any atom is -0.393 e. The van der Waals surface area contributed by atoms with Crippen LogP contribution in [0.3, 0.4) is 0 Å². The molecule has 0 radical (unpaired) electrons. The highest BCUT2D eigenvalue weighted by molar-refractivity contribution is 7.10. The van der Waals surface area contributed by atoms with E-state index in [1.165, 1.54) is 0 Å². The van der Waals surface area contributed by atoms with Crippen LogP contribution in [0.15, 0.2) is 23.6 Å². The van der Waals surface area contributed by atoms with E-state index in [0.29, 0.717) is 12.5 Å². The number of amides is 1. The lowest BCUT2D eigenvalue weighted by Crippen LogP contribution is -2.26. The van der Waals surface area contributed by atoms with Gasteiger partial charge in [-0.3, -0.25) is 4.79 Å². The van der Waals surface area contributed by atoms with Gasteiger partial charge in [0, 0.05) is 17.5 Å². The second-order valence-corrected chi connectivity index (χ2v) is 5.41. The lowest BCUT2D eigenvalue weighted by Gasteiger charge is -2.08. The SMILES string of the molecule is O=C(/C=C/c1cccs1)NCC1CCC(O)C1. The molecule has 1 fully saturated rings. The highest BCUT2D eigenvalue weighted by Crippen LogP contribution is 2.24. The lowest BCUT2D eigenvalue weighted by molar-refractivity contribution is -0.116. The Bertz CT molecular complexity index is 386. The standard InChI is InChI=1S/C13H17NO2S/c15-11-4-3-10(8-11)9-14-13(16)6-5-12-2-1-7-17-12/h1-2,5-7,10-11,15H,3-4,8-9H2,(H,14,16)/b6-5+. The smallest absolute Gasteiger partial charge is 0.244 e. The molecular weight excluding hydrogens is 234 g/mol. The zero-order valence-electron chi connectivity index (χ0n) is 9.63. The average molecular weight is 251 g/mol. The summed E-state index contributed by atoms with van der Waals surface area (Å²) >= 11 is 1.61. The third-order valence-corrected chi connectivity index (χ3v) is 3.86. The topological polar surface area (TPSA) is 49.3 Å². The van der Waals surface area contributed by atoms with Gasteiger partial charge in [-0.1, -0.05) is 6.07 Å². The van der Waals surface area contributed by atoms with Crippen molar-refractivity contribution in [2.45, 2.75) is 25.4 Å². The lowest BCUT2D eigenvalue weighted by atomic mass is 10.1. The summed E-state index contributed by atoms with van der Waals surface area (Å²) in [6, 6.07) is 3.93. The Morgan fingerprint density at radius 2 is 2.47 bits per heavy atom. The molecule has 0 aliphatic heterocycles. The van der Waals surface area contributed by atoms with Crippen LogP contribution in [-0.4, -0.2) is 23.7 Å². The summed E-state index contributed by atoms with van der Waals surface area (Å²) < 4.78 is 0. The van der Waals surface area contributed by atoms with Crippen LogP contribution in [0.25, 0.3) is 6.08 Å². The molecular formula is C13H17NO2S. The minimum atomic E-state index is -0.168. The molecule has 3 nitrogen and oxygen atoms in total. The van der Waals surface area contributed by atoms with E-state index in [4.69, 9.17) is 0 Å². The summed E-state index contributed by atoms with van der Waals surface area (Å²) in [7, 11) is 0. The van der Waals surface area contributed by atoms with E-state index in [1.807, 2.05) is 23.6 Å². The molecule has 1 aliphatic rings. The van der Waals surface area contributed by atoms with Gasteiger partial charge in [0.2, 0.25) is 5.91 Å². The van der Waals surface area contributed by atoms with Gasteiger partial charge in [-0.05, 0) is 42.7 Å². The molecule has 2 atom stereocenters. The normalized spacial score (nSPS) is 24.3. The molecule has 4 heteroatoms. The number of hydrogen-bond donors (Lipinski definition) is 2. The molecule has 2 N–H and O–H groups in total. The highest BCUT2D eigenvalue weighted by Gasteiger charge is 2.22. The molecule has 1 heterocycles. The number of hydrogen-bond acceptors (Lipinski definition) is 3. The third-order valence-electron chi connectivity index (χ3n) is 3.02. The fourth-order valence-corrected chi connectivity index (χ4v) is 2.70. The fourth-order valence-electron chi connectivity index (χ4n) is 2.08. The first-order valence-corrected chi connectivity index (χ1v) is 6.79.